The summed E-state index contributed by atoms with van der Waals surface area (Å²) in [5.41, 5.74) is 3.27. The number of nitrogens with zero attached hydrogens (tertiary/aromatic N) is 2. The van der Waals surface area contributed by atoms with Crippen LogP contribution in [-0.2, 0) is 22.7 Å². The molecular weight excluding hydrogens is 556 g/mol. The molecule has 7 nitrogen and oxygen atoms in total. The zero-order chi connectivity index (χ0) is 28.8. The predicted octanol–water partition coefficient (Wildman–Crippen LogP) is 6.21. The number of para-hydroxylation sites is 1. The zero-order valence-electron chi connectivity index (χ0n) is 22.9. The fourth-order valence-electron chi connectivity index (χ4n) is 5.22. The number of fused-ring (bicyclic) bond motifs is 1. The lowest BCUT2D eigenvalue weighted by atomic mass is 9.81. The number of aryl methyl sites for hydroxylation is 1. The second-order valence-electron chi connectivity index (χ2n) is 10.6. The maximum absolute atomic E-state index is 13.5. The Kier molecular flexibility index (Phi) is 9.42. The lowest BCUT2D eigenvalue weighted by Crippen LogP contribution is -2.34. The van der Waals surface area contributed by atoms with Crippen LogP contribution in [0.2, 0.25) is 5.02 Å². The number of hydrogen-bond acceptors (Lipinski definition) is 5. The minimum Gasteiger partial charge on any atom is -0.352 e. The molecule has 2 N–H and O–H groups in total. The van der Waals surface area contributed by atoms with E-state index in [9.17, 15) is 14.4 Å². The Morgan fingerprint density at radius 2 is 1.68 bits per heavy atom. The van der Waals surface area contributed by atoms with Gasteiger partial charge in [0.1, 0.15) is 0 Å². The van der Waals surface area contributed by atoms with Crippen LogP contribution in [0.3, 0.4) is 0 Å². The summed E-state index contributed by atoms with van der Waals surface area (Å²) < 4.78 is 1.72. The molecular formula is C32H33ClN4O3S. The van der Waals surface area contributed by atoms with Crippen molar-refractivity contribution < 1.29 is 9.59 Å². The standard InChI is InChI=1S/C32H33ClN4O3S/c1-21-10-16-25(17-11-21)35-29(38)20-41-32-36-28-9-5-3-7-26(28)31(40)37(32)19-22-12-14-23(15-13-22)30(39)34-18-24-6-2-4-8-27(24)33/h2-11,16-17,22-23H,12-15,18-20H2,1H3,(H,34,39)(H,35,38). The third-order valence-electron chi connectivity index (χ3n) is 7.56. The highest BCUT2D eigenvalue weighted by molar-refractivity contribution is 7.99. The third kappa shape index (κ3) is 7.37. The summed E-state index contributed by atoms with van der Waals surface area (Å²) in [6, 6.07) is 22.5. The molecule has 0 spiro atoms. The molecule has 0 unspecified atom stereocenters. The fraction of sp³-hybridized carbons (Fsp3) is 0.312. The third-order valence-corrected chi connectivity index (χ3v) is 8.91. The number of anilines is 1. The van der Waals surface area contributed by atoms with E-state index in [-0.39, 0.29) is 35.0 Å². The first-order valence-electron chi connectivity index (χ1n) is 13.9. The van der Waals surface area contributed by atoms with E-state index >= 15 is 0 Å². The van der Waals surface area contributed by atoms with Crippen LogP contribution in [-0.4, -0.2) is 27.1 Å². The van der Waals surface area contributed by atoms with Crippen LogP contribution in [0.5, 0.6) is 0 Å². The molecule has 0 saturated heterocycles. The molecule has 1 heterocycles. The molecule has 1 saturated carbocycles. The number of amides is 2. The molecule has 1 aliphatic carbocycles. The highest BCUT2D eigenvalue weighted by atomic mass is 35.5. The average Bonchev–Trinajstić information content (AvgIpc) is 2.98. The summed E-state index contributed by atoms with van der Waals surface area (Å²) in [7, 11) is 0. The monoisotopic (exact) mass is 588 g/mol. The molecule has 0 bridgehead atoms. The Morgan fingerprint density at radius 3 is 2.44 bits per heavy atom. The Morgan fingerprint density at radius 1 is 0.976 bits per heavy atom. The number of benzene rings is 3. The zero-order valence-corrected chi connectivity index (χ0v) is 24.5. The van der Waals surface area contributed by atoms with Crippen LogP contribution in [0.4, 0.5) is 5.69 Å². The van der Waals surface area contributed by atoms with Crippen molar-refractivity contribution in [2.45, 2.75) is 50.9 Å². The van der Waals surface area contributed by atoms with Crippen molar-refractivity contribution in [2.24, 2.45) is 11.8 Å². The largest absolute Gasteiger partial charge is 0.352 e. The fourth-order valence-corrected chi connectivity index (χ4v) is 6.23. The Balaban J connectivity index is 1.23. The number of rotatable bonds is 9. The van der Waals surface area contributed by atoms with Crippen molar-refractivity contribution in [3.05, 3.63) is 99.3 Å². The highest BCUT2D eigenvalue weighted by Crippen LogP contribution is 2.31. The number of halogens is 1. The van der Waals surface area contributed by atoms with Gasteiger partial charge in [-0.3, -0.25) is 19.0 Å². The first kappa shape index (κ1) is 28.9. The second kappa shape index (κ2) is 13.4. The summed E-state index contributed by atoms with van der Waals surface area (Å²) in [4.78, 5) is 43.8. The van der Waals surface area contributed by atoms with E-state index in [2.05, 4.69) is 10.6 Å². The van der Waals surface area contributed by atoms with Crippen molar-refractivity contribution in [1.29, 1.82) is 0 Å². The summed E-state index contributed by atoms with van der Waals surface area (Å²) in [6.07, 6.45) is 3.19. The van der Waals surface area contributed by atoms with Gasteiger partial charge in [0.2, 0.25) is 11.8 Å². The van der Waals surface area contributed by atoms with Crippen molar-refractivity contribution in [1.82, 2.24) is 14.9 Å². The van der Waals surface area contributed by atoms with Gasteiger partial charge < -0.3 is 10.6 Å². The van der Waals surface area contributed by atoms with Gasteiger partial charge in [-0.2, -0.15) is 0 Å². The van der Waals surface area contributed by atoms with Crippen LogP contribution < -0.4 is 16.2 Å². The summed E-state index contributed by atoms with van der Waals surface area (Å²) in [5, 5.41) is 7.68. The Labute approximate surface area is 248 Å². The van der Waals surface area contributed by atoms with Crippen molar-refractivity contribution in [3.63, 3.8) is 0 Å². The first-order valence-corrected chi connectivity index (χ1v) is 15.2. The molecule has 0 radical (unpaired) electrons. The van der Waals surface area contributed by atoms with E-state index in [4.69, 9.17) is 16.6 Å². The van der Waals surface area contributed by atoms with Crippen LogP contribution in [0.1, 0.15) is 36.8 Å². The van der Waals surface area contributed by atoms with E-state index in [1.807, 2.05) is 73.7 Å². The van der Waals surface area contributed by atoms with Crippen molar-refractivity contribution in [2.75, 3.05) is 11.1 Å². The van der Waals surface area contributed by atoms with Gasteiger partial charge in [-0.05, 0) is 74.4 Å². The second-order valence-corrected chi connectivity index (χ2v) is 11.9. The minimum atomic E-state index is -0.156. The van der Waals surface area contributed by atoms with E-state index in [1.54, 1.807) is 10.6 Å². The van der Waals surface area contributed by atoms with Gasteiger partial charge >= 0.3 is 0 Å². The molecule has 4 aromatic rings. The van der Waals surface area contributed by atoms with E-state index in [1.165, 1.54) is 11.8 Å². The van der Waals surface area contributed by atoms with Crippen LogP contribution >= 0.6 is 23.4 Å². The Bertz CT molecular complexity index is 1600. The molecule has 0 atom stereocenters. The smallest absolute Gasteiger partial charge is 0.262 e. The molecule has 212 valence electrons. The predicted molar refractivity (Wildman–Crippen MR) is 165 cm³/mol. The summed E-state index contributed by atoms with van der Waals surface area (Å²) in [6.45, 7) is 2.91. The maximum Gasteiger partial charge on any atom is 0.262 e. The molecule has 1 aliphatic rings. The number of carbonyl (C=O) groups is 2. The van der Waals surface area contributed by atoms with Gasteiger partial charge in [-0.15, -0.1) is 0 Å². The lowest BCUT2D eigenvalue weighted by Gasteiger charge is -2.28. The maximum atomic E-state index is 13.5. The molecule has 41 heavy (non-hydrogen) atoms. The Hall–Kier alpha value is -3.62. The van der Waals surface area contributed by atoms with Gasteiger partial charge in [0.05, 0.1) is 16.7 Å². The van der Waals surface area contributed by atoms with Crippen LogP contribution in [0.25, 0.3) is 10.9 Å². The van der Waals surface area contributed by atoms with Crippen molar-refractivity contribution in [3.8, 4) is 0 Å². The minimum absolute atomic E-state index is 0.0451. The average molecular weight is 589 g/mol. The molecule has 3 aromatic carbocycles. The molecule has 5 rings (SSSR count). The number of thioether (sulfide) groups is 1. The summed E-state index contributed by atoms with van der Waals surface area (Å²) >= 11 is 7.50. The molecule has 0 aliphatic heterocycles. The lowest BCUT2D eigenvalue weighted by molar-refractivity contribution is -0.126. The molecule has 1 aromatic heterocycles. The molecule has 9 heteroatoms. The topological polar surface area (TPSA) is 93.1 Å². The highest BCUT2D eigenvalue weighted by Gasteiger charge is 2.27. The van der Waals surface area contributed by atoms with Crippen molar-refractivity contribution >= 4 is 51.8 Å². The van der Waals surface area contributed by atoms with Gasteiger partial charge in [0.25, 0.3) is 5.56 Å². The van der Waals surface area contributed by atoms with E-state index < -0.39 is 0 Å². The van der Waals surface area contributed by atoms with Gasteiger partial charge in [-0.25, -0.2) is 4.98 Å². The SMILES string of the molecule is Cc1ccc(NC(=O)CSc2nc3ccccc3c(=O)n2CC2CCC(C(=O)NCc3ccccc3Cl)CC2)cc1. The first-order chi connectivity index (χ1) is 19.9. The number of nitrogens with one attached hydrogen (secondary N) is 2. The van der Waals surface area contributed by atoms with Gasteiger partial charge in [0.15, 0.2) is 5.16 Å². The van der Waals surface area contributed by atoms with E-state index in [0.29, 0.717) is 34.2 Å². The molecule has 1 fully saturated rings. The normalized spacial score (nSPS) is 16.8. The van der Waals surface area contributed by atoms with Crippen LogP contribution in [0.15, 0.2) is 82.7 Å². The number of aromatic nitrogens is 2. The van der Waals surface area contributed by atoms with E-state index in [0.717, 1.165) is 42.5 Å². The van der Waals surface area contributed by atoms with Crippen LogP contribution in [0, 0.1) is 18.8 Å². The van der Waals surface area contributed by atoms with Gasteiger partial charge in [0, 0.05) is 29.7 Å². The molecule has 2 amide bonds. The summed E-state index contributed by atoms with van der Waals surface area (Å²) in [5.74, 6) is 0.208. The van der Waals surface area contributed by atoms with Gasteiger partial charge in [-0.1, -0.05) is 71.4 Å². The number of hydrogen-bond donors (Lipinski definition) is 2. The number of carbonyl (C=O) groups excluding carboxylic acids is 2. The quantitative estimate of drug-likeness (QED) is 0.179.